The highest BCUT2D eigenvalue weighted by atomic mass is 35.5. The first-order valence-corrected chi connectivity index (χ1v) is 9.88. The number of carbonyl (C=O) groups excluding carboxylic acids is 1. The monoisotopic (exact) mass is 435 g/mol. The van der Waals surface area contributed by atoms with Crippen LogP contribution in [0.15, 0.2) is 60.8 Å². The van der Waals surface area contributed by atoms with E-state index < -0.39 is 0 Å². The Morgan fingerprint density at radius 2 is 2.00 bits per heavy atom. The first-order valence-electron chi connectivity index (χ1n) is 9.12. The summed E-state index contributed by atoms with van der Waals surface area (Å²) < 4.78 is 1.66. The van der Waals surface area contributed by atoms with Crippen molar-refractivity contribution in [3.63, 3.8) is 0 Å². The van der Waals surface area contributed by atoms with Gasteiger partial charge >= 0.3 is 0 Å². The number of pyridine rings is 1. The molecule has 0 saturated carbocycles. The molecule has 6 nitrogen and oxygen atoms in total. The average molecular weight is 436 g/mol. The number of rotatable bonds is 5. The molecule has 0 radical (unpaired) electrons. The van der Waals surface area contributed by atoms with Crippen LogP contribution < -0.4 is 5.32 Å². The van der Waals surface area contributed by atoms with E-state index in [0.717, 1.165) is 10.9 Å². The molecule has 0 aliphatic heterocycles. The average Bonchev–Trinajstić information content (AvgIpc) is 3.17. The normalized spacial score (nSPS) is 10.7. The minimum atomic E-state index is -0.230. The number of fused-ring (bicyclic) bond motifs is 1. The maximum absolute atomic E-state index is 12.3. The van der Waals surface area contributed by atoms with Crippen LogP contribution >= 0.6 is 23.2 Å². The van der Waals surface area contributed by atoms with Crippen molar-refractivity contribution in [3.8, 4) is 23.0 Å². The predicted octanol–water partition coefficient (Wildman–Crippen LogP) is 5.04. The van der Waals surface area contributed by atoms with Gasteiger partial charge < -0.3 is 5.32 Å². The minimum absolute atomic E-state index is 0.230. The molecule has 4 aromatic rings. The Balaban J connectivity index is 1.72. The molecule has 2 aromatic carbocycles. The van der Waals surface area contributed by atoms with Gasteiger partial charge in [0, 0.05) is 28.1 Å². The second-order valence-corrected chi connectivity index (χ2v) is 7.35. The lowest BCUT2D eigenvalue weighted by Gasteiger charge is -2.08. The van der Waals surface area contributed by atoms with E-state index in [0.29, 0.717) is 39.2 Å². The smallest absolute Gasteiger partial charge is 0.251 e. The van der Waals surface area contributed by atoms with Crippen molar-refractivity contribution in [2.24, 2.45) is 0 Å². The van der Waals surface area contributed by atoms with Gasteiger partial charge in [-0.15, -0.1) is 0 Å². The number of nitriles is 1. The Labute approximate surface area is 182 Å². The van der Waals surface area contributed by atoms with Gasteiger partial charge in [-0.25, -0.2) is 9.67 Å². The molecule has 30 heavy (non-hydrogen) atoms. The van der Waals surface area contributed by atoms with Crippen LogP contribution in [0.1, 0.15) is 16.8 Å². The molecule has 1 N–H and O–H groups in total. The number of nitrogens with zero attached hydrogens (tertiary/aromatic N) is 4. The van der Waals surface area contributed by atoms with Gasteiger partial charge in [0.25, 0.3) is 5.91 Å². The molecule has 0 aliphatic carbocycles. The third-order valence-corrected chi connectivity index (χ3v) is 5.04. The fourth-order valence-corrected chi connectivity index (χ4v) is 3.54. The van der Waals surface area contributed by atoms with Crippen molar-refractivity contribution >= 4 is 40.1 Å². The van der Waals surface area contributed by atoms with Gasteiger partial charge in [-0.05, 0) is 42.5 Å². The van der Waals surface area contributed by atoms with Gasteiger partial charge in [0.2, 0.25) is 0 Å². The highest BCUT2D eigenvalue weighted by Crippen LogP contribution is 2.28. The first kappa shape index (κ1) is 19.9. The molecular formula is C22H15Cl2N5O. The van der Waals surface area contributed by atoms with E-state index in [4.69, 9.17) is 33.4 Å². The zero-order valence-electron chi connectivity index (χ0n) is 15.6. The van der Waals surface area contributed by atoms with Gasteiger partial charge in [-0.1, -0.05) is 35.3 Å². The Morgan fingerprint density at radius 3 is 2.80 bits per heavy atom. The van der Waals surface area contributed by atoms with Gasteiger partial charge in [0.05, 0.1) is 35.1 Å². The number of aromatic nitrogens is 3. The number of amides is 1. The molecule has 1 amide bonds. The molecule has 0 fully saturated rings. The van der Waals surface area contributed by atoms with Crippen molar-refractivity contribution in [2.45, 2.75) is 6.42 Å². The highest BCUT2D eigenvalue weighted by Gasteiger charge is 2.13. The van der Waals surface area contributed by atoms with Crippen LogP contribution in [0.2, 0.25) is 10.0 Å². The molecule has 8 heteroatoms. The molecule has 0 saturated heterocycles. The van der Waals surface area contributed by atoms with Crippen molar-refractivity contribution in [3.05, 3.63) is 76.4 Å². The van der Waals surface area contributed by atoms with Gasteiger partial charge in [0.1, 0.15) is 0 Å². The van der Waals surface area contributed by atoms with E-state index in [9.17, 15) is 4.79 Å². The standard InChI is InChI=1S/C22H15Cl2N5O/c23-17-6-8-20(18(24)12-17)29-21-16(13-27-29)5-7-19(28-21)14-3-1-4-15(11-14)22(30)26-10-2-9-25/h1,3-8,11-13H,2,10H2,(H,26,30). The summed E-state index contributed by atoms with van der Waals surface area (Å²) in [6.07, 6.45) is 1.98. The quantitative estimate of drug-likeness (QED) is 0.445. The highest BCUT2D eigenvalue weighted by molar-refractivity contribution is 6.35. The molecule has 0 spiro atoms. The van der Waals surface area contributed by atoms with Gasteiger partial charge in [0.15, 0.2) is 5.65 Å². The summed E-state index contributed by atoms with van der Waals surface area (Å²) in [4.78, 5) is 17.1. The summed E-state index contributed by atoms with van der Waals surface area (Å²) in [6.45, 7) is 0.310. The lowest BCUT2D eigenvalue weighted by Crippen LogP contribution is -2.24. The zero-order chi connectivity index (χ0) is 21.1. The van der Waals surface area contributed by atoms with E-state index in [-0.39, 0.29) is 12.3 Å². The fraction of sp³-hybridized carbons (Fsp3) is 0.0909. The molecule has 2 aromatic heterocycles. The summed E-state index contributed by atoms with van der Waals surface area (Å²) >= 11 is 12.4. The molecule has 2 heterocycles. The summed E-state index contributed by atoms with van der Waals surface area (Å²) in [7, 11) is 0. The Morgan fingerprint density at radius 1 is 1.13 bits per heavy atom. The van der Waals surface area contributed by atoms with Crippen molar-refractivity contribution in [2.75, 3.05) is 6.54 Å². The third-order valence-electron chi connectivity index (χ3n) is 4.50. The molecule has 148 valence electrons. The minimum Gasteiger partial charge on any atom is -0.351 e. The maximum Gasteiger partial charge on any atom is 0.251 e. The SMILES string of the molecule is N#CCCNC(=O)c1cccc(-c2ccc3cnn(-c4ccc(Cl)cc4Cl)c3n2)c1. The molecular weight excluding hydrogens is 421 g/mol. The van der Waals surface area contributed by atoms with Crippen LogP contribution in [0.25, 0.3) is 28.0 Å². The third kappa shape index (κ3) is 3.99. The van der Waals surface area contributed by atoms with E-state index in [1.807, 2.05) is 24.3 Å². The largest absolute Gasteiger partial charge is 0.351 e. The topological polar surface area (TPSA) is 83.6 Å². The first-order chi connectivity index (χ1) is 14.6. The summed E-state index contributed by atoms with van der Waals surface area (Å²) in [6, 6.07) is 18.2. The summed E-state index contributed by atoms with van der Waals surface area (Å²) in [5, 5.41) is 17.6. The van der Waals surface area contributed by atoms with Crippen LogP contribution in [0.5, 0.6) is 0 Å². The van der Waals surface area contributed by atoms with E-state index >= 15 is 0 Å². The fourth-order valence-electron chi connectivity index (χ4n) is 3.05. The Hall–Kier alpha value is -3.40. The summed E-state index contributed by atoms with van der Waals surface area (Å²) in [5.74, 6) is -0.230. The van der Waals surface area contributed by atoms with E-state index in [1.165, 1.54) is 0 Å². The van der Waals surface area contributed by atoms with Crippen LogP contribution in [0.3, 0.4) is 0 Å². The Kier molecular flexibility index (Phi) is 5.66. The number of hydrogen-bond acceptors (Lipinski definition) is 4. The number of hydrogen-bond donors (Lipinski definition) is 1. The lowest BCUT2D eigenvalue weighted by atomic mass is 10.1. The van der Waals surface area contributed by atoms with Gasteiger partial charge in [-0.3, -0.25) is 4.79 Å². The molecule has 0 aliphatic rings. The second-order valence-electron chi connectivity index (χ2n) is 6.51. The van der Waals surface area contributed by atoms with Crippen molar-refractivity contribution < 1.29 is 4.79 Å². The van der Waals surface area contributed by atoms with E-state index in [1.54, 1.807) is 47.3 Å². The Bertz CT molecular complexity index is 1290. The van der Waals surface area contributed by atoms with Crippen LogP contribution in [-0.4, -0.2) is 27.2 Å². The van der Waals surface area contributed by atoms with Gasteiger partial charge in [-0.2, -0.15) is 10.4 Å². The molecule has 0 atom stereocenters. The molecule has 4 rings (SSSR count). The van der Waals surface area contributed by atoms with Crippen molar-refractivity contribution in [1.82, 2.24) is 20.1 Å². The predicted molar refractivity (Wildman–Crippen MR) is 117 cm³/mol. The van der Waals surface area contributed by atoms with E-state index in [2.05, 4.69) is 10.4 Å². The molecule has 0 unspecified atom stereocenters. The number of nitrogens with one attached hydrogen (secondary N) is 1. The molecule has 0 bridgehead atoms. The summed E-state index contributed by atoms with van der Waals surface area (Å²) in [5.41, 5.74) is 3.30. The van der Waals surface area contributed by atoms with Crippen LogP contribution in [-0.2, 0) is 0 Å². The zero-order valence-corrected chi connectivity index (χ0v) is 17.2. The number of carbonyl (C=O) groups is 1. The second kappa shape index (κ2) is 8.54. The van der Waals surface area contributed by atoms with Crippen molar-refractivity contribution in [1.29, 1.82) is 5.26 Å². The lowest BCUT2D eigenvalue weighted by molar-refractivity contribution is 0.0954. The van der Waals surface area contributed by atoms with Crippen LogP contribution in [0, 0.1) is 11.3 Å². The number of halogens is 2. The van der Waals surface area contributed by atoms with Crippen LogP contribution in [0.4, 0.5) is 0 Å². The maximum atomic E-state index is 12.3. The number of benzene rings is 2.